The average Bonchev–Trinajstić information content (AvgIpc) is 2.05. The van der Waals surface area contributed by atoms with Crippen LogP contribution in [0.4, 0.5) is 0 Å². The third-order valence-electron chi connectivity index (χ3n) is 1.88. The lowest BCUT2D eigenvalue weighted by Gasteiger charge is -1.95. The van der Waals surface area contributed by atoms with Crippen molar-refractivity contribution in [1.82, 2.24) is 4.98 Å². The second-order valence-corrected chi connectivity index (χ2v) is 4.16. The van der Waals surface area contributed by atoms with Gasteiger partial charge in [-0.15, -0.1) is 0 Å². The van der Waals surface area contributed by atoms with Gasteiger partial charge in [0.1, 0.15) is 4.90 Å². The minimum Gasteiger partial charge on any atom is -0.361 e. The fourth-order valence-electron chi connectivity index (χ4n) is 1.27. The van der Waals surface area contributed by atoms with Crippen LogP contribution in [0.5, 0.6) is 0 Å². The Morgan fingerprint density at radius 1 is 1.17 bits per heavy atom. The van der Waals surface area contributed by atoms with Gasteiger partial charge in [-0.05, 0) is 26.3 Å². The van der Waals surface area contributed by atoms with Gasteiger partial charge >= 0.3 is 0 Å². The first kappa shape index (κ1) is 9.28. The zero-order valence-electron chi connectivity index (χ0n) is 7.17. The highest BCUT2D eigenvalue weighted by Gasteiger charge is 2.19. The summed E-state index contributed by atoms with van der Waals surface area (Å²) in [6.07, 6.45) is 0. The first-order valence-electron chi connectivity index (χ1n) is 3.47. The Hall–Kier alpha value is -0.810. The molecule has 0 bridgehead atoms. The second kappa shape index (κ2) is 2.60. The van der Waals surface area contributed by atoms with Crippen molar-refractivity contribution in [2.24, 2.45) is 0 Å². The molecule has 0 radical (unpaired) electrons. The number of H-pyrrole nitrogens is 1. The van der Waals surface area contributed by atoms with E-state index in [1.807, 2.05) is 0 Å². The highest BCUT2D eigenvalue weighted by Crippen LogP contribution is 2.21. The molecule has 0 aliphatic rings. The molecule has 0 atom stereocenters. The number of hydrogen-bond donors (Lipinski definition) is 2. The summed E-state index contributed by atoms with van der Waals surface area (Å²) in [4.78, 5) is 2.84. The number of aromatic nitrogens is 1. The molecule has 0 aromatic carbocycles. The SMILES string of the molecule is Cc1[nH]c(C)c(S(=O)(=O)O)c1C. The normalized spacial score (nSPS) is 12.0. The van der Waals surface area contributed by atoms with Gasteiger partial charge in [-0.3, -0.25) is 4.55 Å². The molecule has 12 heavy (non-hydrogen) atoms. The molecule has 0 aliphatic heterocycles. The van der Waals surface area contributed by atoms with E-state index < -0.39 is 10.1 Å². The van der Waals surface area contributed by atoms with Gasteiger partial charge in [-0.1, -0.05) is 0 Å². The van der Waals surface area contributed by atoms with Crippen LogP contribution in [0.2, 0.25) is 0 Å². The van der Waals surface area contributed by atoms with Crippen LogP contribution in [-0.4, -0.2) is 18.0 Å². The van der Waals surface area contributed by atoms with E-state index in [9.17, 15) is 8.42 Å². The van der Waals surface area contributed by atoms with E-state index in [4.69, 9.17) is 4.55 Å². The molecule has 0 amide bonds. The zero-order valence-corrected chi connectivity index (χ0v) is 7.99. The lowest BCUT2D eigenvalue weighted by atomic mass is 10.3. The number of aryl methyl sites for hydroxylation is 2. The summed E-state index contributed by atoms with van der Waals surface area (Å²) in [6.45, 7) is 5.03. The maximum absolute atomic E-state index is 10.8. The highest BCUT2D eigenvalue weighted by molar-refractivity contribution is 7.86. The Morgan fingerprint density at radius 2 is 1.67 bits per heavy atom. The van der Waals surface area contributed by atoms with Crippen LogP contribution in [0.15, 0.2) is 4.90 Å². The molecule has 1 aromatic heterocycles. The summed E-state index contributed by atoms with van der Waals surface area (Å²) >= 11 is 0. The van der Waals surface area contributed by atoms with E-state index in [1.165, 1.54) is 0 Å². The minimum atomic E-state index is -4.07. The topological polar surface area (TPSA) is 70.2 Å². The van der Waals surface area contributed by atoms with E-state index in [-0.39, 0.29) is 4.90 Å². The van der Waals surface area contributed by atoms with Crippen molar-refractivity contribution in [3.05, 3.63) is 17.0 Å². The van der Waals surface area contributed by atoms with Crippen molar-refractivity contribution in [1.29, 1.82) is 0 Å². The maximum atomic E-state index is 10.8. The second-order valence-electron chi connectivity index (χ2n) is 2.80. The average molecular weight is 189 g/mol. The molecule has 0 aliphatic carbocycles. The van der Waals surface area contributed by atoms with E-state index in [0.717, 1.165) is 5.69 Å². The molecule has 5 heteroatoms. The third-order valence-corrected chi connectivity index (χ3v) is 3.00. The number of aromatic amines is 1. The van der Waals surface area contributed by atoms with Crippen LogP contribution in [0.1, 0.15) is 17.0 Å². The third kappa shape index (κ3) is 1.37. The molecule has 0 saturated carbocycles. The Morgan fingerprint density at radius 3 is 1.83 bits per heavy atom. The number of rotatable bonds is 1. The lowest BCUT2D eigenvalue weighted by Crippen LogP contribution is -2.00. The van der Waals surface area contributed by atoms with Crippen LogP contribution >= 0.6 is 0 Å². The van der Waals surface area contributed by atoms with Crippen molar-refractivity contribution >= 4 is 10.1 Å². The minimum absolute atomic E-state index is 0.000000000000000444. The predicted molar refractivity (Wildman–Crippen MR) is 44.8 cm³/mol. The summed E-state index contributed by atoms with van der Waals surface area (Å²) < 4.78 is 30.5. The van der Waals surface area contributed by atoms with E-state index >= 15 is 0 Å². The van der Waals surface area contributed by atoms with Crippen molar-refractivity contribution in [3.63, 3.8) is 0 Å². The molecule has 1 rings (SSSR count). The Bertz CT molecular complexity index is 403. The lowest BCUT2D eigenvalue weighted by molar-refractivity contribution is 0.482. The van der Waals surface area contributed by atoms with Gasteiger partial charge in [0.25, 0.3) is 10.1 Å². The Balaban J connectivity index is 3.54. The molecular formula is C7H11NO3S. The van der Waals surface area contributed by atoms with Gasteiger partial charge < -0.3 is 4.98 Å². The van der Waals surface area contributed by atoms with Gasteiger partial charge in [0.05, 0.1) is 0 Å². The largest absolute Gasteiger partial charge is 0.361 e. The molecule has 1 aromatic rings. The van der Waals surface area contributed by atoms with Crippen molar-refractivity contribution in [2.75, 3.05) is 0 Å². The van der Waals surface area contributed by atoms with Gasteiger partial charge in [-0.2, -0.15) is 8.42 Å². The van der Waals surface area contributed by atoms with Gasteiger partial charge in [0, 0.05) is 11.4 Å². The molecule has 0 fully saturated rings. The summed E-state index contributed by atoms with van der Waals surface area (Å²) in [7, 11) is -4.07. The standard InChI is InChI=1S/C7H11NO3S/c1-4-5(2)8-6(3)7(4)12(9,10)11/h8H,1-3H3,(H,9,10,11). The maximum Gasteiger partial charge on any atom is 0.296 e. The molecule has 0 saturated heterocycles. The fraction of sp³-hybridized carbons (Fsp3) is 0.429. The zero-order chi connectivity index (χ0) is 9.52. The van der Waals surface area contributed by atoms with Gasteiger partial charge in [-0.25, -0.2) is 0 Å². The summed E-state index contributed by atoms with van der Waals surface area (Å²) in [6, 6.07) is 0. The molecule has 4 nitrogen and oxygen atoms in total. The van der Waals surface area contributed by atoms with Gasteiger partial charge in [0.2, 0.25) is 0 Å². The molecule has 68 valence electrons. The first-order chi connectivity index (χ1) is 5.34. The van der Waals surface area contributed by atoms with Crippen LogP contribution in [0.25, 0.3) is 0 Å². The van der Waals surface area contributed by atoms with Crippen LogP contribution in [0.3, 0.4) is 0 Å². The van der Waals surface area contributed by atoms with Crippen LogP contribution < -0.4 is 0 Å². The number of nitrogens with one attached hydrogen (secondary N) is 1. The Labute approximate surface area is 71.4 Å². The molecule has 2 N–H and O–H groups in total. The van der Waals surface area contributed by atoms with E-state index in [1.54, 1.807) is 20.8 Å². The van der Waals surface area contributed by atoms with Gasteiger partial charge in [0.15, 0.2) is 0 Å². The van der Waals surface area contributed by atoms with Crippen molar-refractivity contribution in [3.8, 4) is 0 Å². The molecule has 1 heterocycles. The van der Waals surface area contributed by atoms with Crippen molar-refractivity contribution in [2.45, 2.75) is 25.7 Å². The van der Waals surface area contributed by atoms with Crippen LogP contribution in [-0.2, 0) is 10.1 Å². The highest BCUT2D eigenvalue weighted by atomic mass is 32.2. The van der Waals surface area contributed by atoms with Crippen LogP contribution in [0, 0.1) is 20.8 Å². The summed E-state index contributed by atoms with van der Waals surface area (Å²) in [5, 5.41) is 0. The monoisotopic (exact) mass is 189 g/mol. The first-order valence-corrected chi connectivity index (χ1v) is 4.91. The molecule has 0 spiro atoms. The Kier molecular flexibility index (Phi) is 2.01. The molecular weight excluding hydrogens is 178 g/mol. The smallest absolute Gasteiger partial charge is 0.296 e. The molecule has 0 unspecified atom stereocenters. The summed E-state index contributed by atoms with van der Waals surface area (Å²) in [5.41, 5.74) is 1.82. The number of hydrogen-bond acceptors (Lipinski definition) is 2. The summed E-state index contributed by atoms with van der Waals surface area (Å²) in [5.74, 6) is 0. The van der Waals surface area contributed by atoms with E-state index in [2.05, 4.69) is 4.98 Å². The van der Waals surface area contributed by atoms with Crippen molar-refractivity contribution < 1.29 is 13.0 Å². The van der Waals surface area contributed by atoms with E-state index in [0.29, 0.717) is 11.3 Å². The fourth-order valence-corrected chi connectivity index (χ4v) is 2.25. The quantitative estimate of drug-likeness (QED) is 0.652. The predicted octanol–water partition coefficient (Wildman–Crippen LogP) is 1.19.